The molecule has 4 nitrogen and oxygen atoms in total. The third-order valence-electron chi connectivity index (χ3n) is 4.02. The van der Waals surface area contributed by atoms with Gasteiger partial charge in [0.05, 0.1) is 6.26 Å². The first-order valence-electron chi connectivity index (χ1n) is 6.99. The zero-order valence-corrected chi connectivity index (χ0v) is 11.5. The van der Waals surface area contributed by atoms with Crippen LogP contribution >= 0.6 is 0 Å². The topological polar surface area (TPSA) is 43.0 Å². The van der Waals surface area contributed by atoms with Crippen LogP contribution in [0.15, 0.2) is 35.2 Å². The second kappa shape index (κ2) is 5.21. The van der Waals surface area contributed by atoms with Gasteiger partial charge in [0.1, 0.15) is 17.6 Å². The van der Waals surface area contributed by atoms with E-state index >= 15 is 0 Å². The Bertz CT molecular complexity index is 513. The van der Waals surface area contributed by atoms with Crippen molar-refractivity contribution < 1.29 is 4.42 Å². The Hall–Kier alpha value is -1.55. The molecule has 0 radical (unpaired) electrons. The van der Waals surface area contributed by atoms with Gasteiger partial charge >= 0.3 is 0 Å². The average Bonchev–Trinajstić information content (AvgIpc) is 2.96. The Morgan fingerprint density at radius 3 is 2.95 bits per heavy atom. The number of imidazole rings is 1. The summed E-state index contributed by atoms with van der Waals surface area (Å²) in [5, 5.41) is 3.61. The van der Waals surface area contributed by atoms with Crippen LogP contribution < -0.4 is 5.32 Å². The lowest BCUT2D eigenvalue weighted by Crippen LogP contribution is -2.29. The number of nitrogens with zero attached hydrogens (tertiary/aromatic N) is 2. The van der Waals surface area contributed by atoms with E-state index in [0.29, 0.717) is 0 Å². The van der Waals surface area contributed by atoms with Gasteiger partial charge in [0, 0.05) is 19.4 Å². The third kappa shape index (κ3) is 2.73. The molecular weight excluding hydrogens is 238 g/mol. The lowest BCUT2D eigenvalue weighted by Gasteiger charge is -2.19. The first-order chi connectivity index (χ1) is 9.25. The monoisotopic (exact) mass is 259 g/mol. The van der Waals surface area contributed by atoms with Gasteiger partial charge in [-0.1, -0.05) is 6.92 Å². The summed E-state index contributed by atoms with van der Waals surface area (Å²) in [6.07, 6.45) is 8.29. The predicted molar refractivity (Wildman–Crippen MR) is 73.6 cm³/mol. The van der Waals surface area contributed by atoms with Crippen molar-refractivity contribution in [2.24, 2.45) is 18.9 Å². The third-order valence-corrected chi connectivity index (χ3v) is 4.02. The Balaban J connectivity index is 1.75. The van der Waals surface area contributed by atoms with E-state index in [9.17, 15) is 0 Å². The fourth-order valence-corrected chi connectivity index (χ4v) is 2.57. The molecule has 1 aliphatic rings. The smallest absolute Gasteiger partial charge is 0.133 e. The molecule has 1 N–H and O–H groups in total. The number of nitrogens with one attached hydrogen (secondary N) is 1. The van der Waals surface area contributed by atoms with Crippen molar-refractivity contribution >= 4 is 0 Å². The van der Waals surface area contributed by atoms with Gasteiger partial charge in [-0.3, -0.25) is 0 Å². The molecule has 0 amide bonds. The molecule has 2 heterocycles. The summed E-state index contributed by atoms with van der Waals surface area (Å²) in [5.74, 6) is 3.55. The van der Waals surface area contributed by atoms with Gasteiger partial charge in [-0.15, -0.1) is 0 Å². The SMILES string of the molecule is CC(CNC(c1ccco1)c1nccn1C)C1CC1. The molecule has 19 heavy (non-hydrogen) atoms. The lowest BCUT2D eigenvalue weighted by atomic mass is 10.1. The van der Waals surface area contributed by atoms with E-state index in [0.717, 1.165) is 30.0 Å². The molecule has 0 aromatic carbocycles. The molecular formula is C15H21N3O. The number of aromatic nitrogens is 2. The summed E-state index contributed by atoms with van der Waals surface area (Å²) in [6, 6.07) is 3.97. The van der Waals surface area contributed by atoms with Crippen LogP contribution in [-0.4, -0.2) is 16.1 Å². The zero-order chi connectivity index (χ0) is 13.2. The predicted octanol–water partition coefficient (Wildman–Crippen LogP) is 2.74. The summed E-state index contributed by atoms with van der Waals surface area (Å²) in [5.41, 5.74) is 0. The molecule has 0 bridgehead atoms. The first kappa shape index (κ1) is 12.5. The van der Waals surface area contributed by atoms with E-state index in [1.165, 1.54) is 12.8 Å². The summed E-state index contributed by atoms with van der Waals surface area (Å²) in [4.78, 5) is 4.45. The molecule has 2 aromatic rings. The maximum atomic E-state index is 5.57. The van der Waals surface area contributed by atoms with E-state index in [1.807, 2.05) is 36.1 Å². The highest BCUT2D eigenvalue weighted by molar-refractivity contribution is 5.15. The highest BCUT2D eigenvalue weighted by Gasteiger charge is 2.29. The number of hydrogen-bond donors (Lipinski definition) is 1. The Morgan fingerprint density at radius 2 is 2.37 bits per heavy atom. The molecule has 2 aromatic heterocycles. The van der Waals surface area contributed by atoms with Crippen molar-refractivity contribution in [1.29, 1.82) is 0 Å². The Morgan fingerprint density at radius 1 is 1.53 bits per heavy atom. The second-order valence-electron chi connectivity index (χ2n) is 5.57. The highest BCUT2D eigenvalue weighted by atomic mass is 16.3. The molecule has 0 saturated heterocycles. The van der Waals surface area contributed by atoms with Gasteiger partial charge in [-0.05, 0) is 43.4 Å². The van der Waals surface area contributed by atoms with Crippen molar-refractivity contribution in [3.8, 4) is 0 Å². The first-order valence-corrected chi connectivity index (χ1v) is 6.99. The van der Waals surface area contributed by atoms with Gasteiger partial charge < -0.3 is 14.3 Å². The highest BCUT2D eigenvalue weighted by Crippen LogP contribution is 2.36. The van der Waals surface area contributed by atoms with Gasteiger partial charge in [0.2, 0.25) is 0 Å². The summed E-state index contributed by atoms with van der Waals surface area (Å²) < 4.78 is 7.61. The van der Waals surface area contributed by atoms with Crippen molar-refractivity contribution in [2.75, 3.05) is 6.54 Å². The standard InChI is InChI=1S/C15H21N3O/c1-11(12-5-6-12)10-17-14(13-4-3-9-19-13)15-16-7-8-18(15)2/h3-4,7-9,11-12,14,17H,5-6,10H2,1-2H3. The Kier molecular flexibility index (Phi) is 3.42. The summed E-state index contributed by atoms with van der Waals surface area (Å²) >= 11 is 0. The molecule has 1 fully saturated rings. The minimum atomic E-state index is 0.0381. The molecule has 4 heteroatoms. The minimum Gasteiger partial charge on any atom is -0.467 e. The molecule has 3 rings (SSSR count). The van der Waals surface area contributed by atoms with Gasteiger partial charge in [-0.2, -0.15) is 0 Å². The number of furan rings is 1. The van der Waals surface area contributed by atoms with E-state index in [2.05, 4.69) is 17.2 Å². The van der Waals surface area contributed by atoms with Crippen LogP contribution in [0, 0.1) is 11.8 Å². The van der Waals surface area contributed by atoms with Crippen LogP contribution in [0.3, 0.4) is 0 Å². The maximum Gasteiger partial charge on any atom is 0.133 e. The van der Waals surface area contributed by atoms with Crippen molar-refractivity contribution in [3.05, 3.63) is 42.4 Å². The van der Waals surface area contributed by atoms with Crippen LogP contribution in [0.5, 0.6) is 0 Å². The largest absolute Gasteiger partial charge is 0.467 e. The van der Waals surface area contributed by atoms with Crippen LogP contribution in [-0.2, 0) is 7.05 Å². The van der Waals surface area contributed by atoms with Crippen LogP contribution in [0.1, 0.15) is 37.4 Å². The fraction of sp³-hybridized carbons (Fsp3) is 0.533. The molecule has 1 aliphatic carbocycles. The molecule has 102 valence electrons. The van der Waals surface area contributed by atoms with Crippen molar-refractivity contribution in [2.45, 2.75) is 25.8 Å². The van der Waals surface area contributed by atoms with Gasteiger partial charge in [0.25, 0.3) is 0 Å². The summed E-state index contributed by atoms with van der Waals surface area (Å²) in [7, 11) is 2.02. The van der Waals surface area contributed by atoms with Gasteiger partial charge in [0.15, 0.2) is 0 Å². The van der Waals surface area contributed by atoms with Gasteiger partial charge in [-0.25, -0.2) is 4.98 Å². The molecule has 0 spiro atoms. The maximum absolute atomic E-state index is 5.57. The van der Waals surface area contributed by atoms with Crippen LogP contribution in [0.4, 0.5) is 0 Å². The van der Waals surface area contributed by atoms with Crippen molar-refractivity contribution in [3.63, 3.8) is 0 Å². The normalized spacial score (nSPS) is 18.4. The van der Waals surface area contributed by atoms with E-state index in [1.54, 1.807) is 6.26 Å². The zero-order valence-electron chi connectivity index (χ0n) is 11.5. The second-order valence-corrected chi connectivity index (χ2v) is 5.57. The number of hydrogen-bond acceptors (Lipinski definition) is 3. The molecule has 0 aliphatic heterocycles. The Labute approximate surface area is 113 Å². The van der Waals surface area contributed by atoms with E-state index in [4.69, 9.17) is 4.42 Å². The molecule has 2 atom stereocenters. The summed E-state index contributed by atoms with van der Waals surface area (Å²) in [6.45, 7) is 3.32. The lowest BCUT2D eigenvalue weighted by molar-refractivity contribution is 0.387. The number of aryl methyl sites for hydroxylation is 1. The average molecular weight is 259 g/mol. The fourth-order valence-electron chi connectivity index (χ4n) is 2.57. The quantitative estimate of drug-likeness (QED) is 0.867. The van der Waals surface area contributed by atoms with Crippen molar-refractivity contribution in [1.82, 2.24) is 14.9 Å². The minimum absolute atomic E-state index is 0.0381. The van der Waals surface area contributed by atoms with E-state index < -0.39 is 0 Å². The van der Waals surface area contributed by atoms with E-state index in [-0.39, 0.29) is 6.04 Å². The van der Waals surface area contributed by atoms with Crippen LogP contribution in [0.25, 0.3) is 0 Å². The molecule has 1 saturated carbocycles. The van der Waals surface area contributed by atoms with Crippen LogP contribution in [0.2, 0.25) is 0 Å². The number of rotatable bonds is 6. The molecule has 2 unspecified atom stereocenters.